The largest absolute Gasteiger partial charge is 0.0840 e. The van der Waals surface area contributed by atoms with Gasteiger partial charge in [0, 0.05) is 9.50 Å². The summed E-state index contributed by atoms with van der Waals surface area (Å²) < 4.78 is 1.08. The fraction of sp³-hybridized carbons (Fsp3) is 0.200. The van der Waals surface area contributed by atoms with Crippen LogP contribution in [0.4, 0.5) is 0 Å². The molecule has 0 radical (unpaired) electrons. The summed E-state index contributed by atoms with van der Waals surface area (Å²) in [5.41, 5.74) is 5.55. The van der Waals surface area contributed by atoms with E-state index in [9.17, 15) is 0 Å². The molecule has 0 aliphatic heterocycles. The molecule has 2 aromatic carbocycles. The first-order valence-corrected chi connectivity index (χ1v) is 6.94. The van der Waals surface area contributed by atoms with Gasteiger partial charge in [-0.25, -0.2) is 0 Å². The Morgan fingerprint density at radius 1 is 1.00 bits per heavy atom. The van der Waals surface area contributed by atoms with Gasteiger partial charge in [-0.1, -0.05) is 45.7 Å². The first-order chi connectivity index (χ1) is 8.22. The first kappa shape index (κ1) is 11.3. The molecular formula is C15H12BrCl. The van der Waals surface area contributed by atoms with Gasteiger partial charge in [0.25, 0.3) is 0 Å². The van der Waals surface area contributed by atoms with Crippen LogP contribution in [0.5, 0.6) is 0 Å². The number of aryl methyl sites for hydroxylation is 2. The van der Waals surface area contributed by atoms with Crippen LogP contribution in [-0.2, 0) is 19.3 Å². The van der Waals surface area contributed by atoms with Gasteiger partial charge >= 0.3 is 0 Å². The quantitative estimate of drug-likeness (QED) is 0.748. The second-order valence-electron chi connectivity index (χ2n) is 4.52. The number of fused-ring (bicyclic) bond motifs is 1. The highest BCUT2D eigenvalue weighted by Gasteiger charge is 2.13. The van der Waals surface area contributed by atoms with E-state index >= 15 is 0 Å². The van der Waals surface area contributed by atoms with E-state index in [1.54, 1.807) is 0 Å². The molecule has 1 aliphatic carbocycles. The molecule has 2 aromatic rings. The highest BCUT2D eigenvalue weighted by Crippen LogP contribution is 2.27. The number of hydrogen-bond donors (Lipinski definition) is 0. The fourth-order valence-corrected chi connectivity index (χ4v) is 2.85. The molecule has 3 rings (SSSR count). The lowest BCUT2D eigenvalue weighted by Gasteiger charge is -2.19. The van der Waals surface area contributed by atoms with Crippen molar-refractivity contribution in [3.05, 3.63) is 68.1 Å². The molecule has 0 heterocycles. The fourth-order valence-electron chi connectivity index (χ4n) is 2.26. The Morgan fingerprint density at radius 3 is 2.53 bits per heavy atom. The summed E-state index contributed by atoms with van der Waals surface area (Å²) in [6.07, 6.45) is 3.38. The summed E-state index contributed by atoms with van der Waals surface area (Å²) in [6.45, 7) is 0. The maximum absolute atomic E-state index is 6.21. The van der Waals surface area contributed by atoms with E-state index in [2.05, 4.69) is 40.2 Å². The van der Waals surface area contributed by atoms with Crippen LogP contribution in [0, 0.1) is 0 Å². The zero-order valence-corrected chi connectivity index (χ0v) is 11.7. The van der Waals surface area contributed by atoms with E-state index in [1.165, 1.54) is 35.1 Å². The van der Waals surface area contributed by atoms with E-state index < -0.39 is 0 Å². The van der Waals surface area contributed by atoms with Crippen molar-refractivity contribution in [2.75, 3.05) is 0 Å². The second-order valence-corrected chi connectivity index (χ2v) is 5.84. The van der Waals surface area contributed by atoms with Gasteiger partial charge in [0.05, 0.1) is 0 Å². The van der Waals surface area contributed by atoms with Crippen LogP contribution in [0.2, 0.25) is 5.02 Å². The molecule has 0 aromatic heterocycles. The van der Waals surface area contributed by atoms with Crippen molar-refractivity contribution in [1.29, 1.82) is 0 Å². The van der Waals surface area contributed by atoms with Crippen molar-refractivity contribution < 1.29 is 0 Å². The minimum Gasteiger partial charge on any atom is -0.0840 e. The summed E-state index contributed by atoms with van der Waals surface area (Å²) in [5.74, 6) is 0. The molecule has 2 heteroatoms. The standard InChI is InChI=1S/C15H12BrCl/c16-14-5-6-15(17)13(9-14)8-10-1-2-11-3-4-12(11)7-10/h1-2,5-7,9H,3-4,8H2. The lowest BCUT2D eigenvalue weighted by atomic mass is 9.86. The van der Waals surface area contributed by atoms with Gasteiger partial charge in [-0.05, 0) is 59.7 Å². The van der Waals surface area contributed by atoms with E-state index in [4.69, 9.17) is 11.6 Å². The smallest absolute Gasteiger partial charge is 0.0442 e. The predicted molar refractivity (Wildman–Crippen MR) is 75.8 cm³/mol. The van der Waals surface area contributed by atoms with E-state index in [0.717, 1.165) is 15.9 Å². The van der Waals surface area contributed by atoms with Gasteiger partial charge in [0.2, 0.25) is 0 Å². The van der Waals surface area contributed by atoms with Gasteiger partial charge in [0.15, 0.2) is 0 Å². The van der Waals surface area contributed by atoms with E-state index in [0.29, 0.717) is 0 Å². The summed E-state index contributed by atoms with van der Waals surface area (Å²) in [4.78, 5) is 0. The average Bonchev–Trinajstić information content (AvgIpc) is 2.27. The maximum Gasteiger partial charge on any atom is 0.0442 e. The molecule has 0 amide bonds. The highest BCUT2D eigenvalue weighted by atomic mass is 79.9. The number of benzene rings is 2. The predicted octanol–water partition coefficient (Wildman–Crippen LogP) is 4.79. The summed E-state index contributed by atoms with van der Waals surface area (Å²) in [7, 11) is 0. The van der Waals surface area contributed by atoms with Crippen molar-refractivity contribution in [1.82, 2.24) is 0 Å². The van der Waals surface area contributed by atoms with Crippen LogP contribution in [0.25, 0.3) is 0 Å². The van der Waals surface area contributed by atoms with Crippen LogP contribution < -0.4 is 0 Å². The van der Waals surface area contributed by atoms with E-state index in [1.807, 2.05) is 12.1 Å². The molecule has 86 valence electrons. The van der Waals surface area contributed by atoms with E-state index in [-0.39, 0.29) is 0 Å². The Kier molecular flexibility index (Phi) is 2.97. The van der Waals surface area contributed by atoms with Crippen LogP contribution in [-0.4, -0.2) is 0 Å². The van der Waals surface area contributed by atoms with Crippen molar-refractivity contribution in [2.45, 2.75) is 19.3 Å². The van der Waals surface area contributed by atoms with Crippen molar-refractivity contribution in [3.63, 3.8) is 0 Å². The third kappa shape index (κ3) is 2.27. The summed E-state index contributed by atoms with van der Waals surface area (Å²) >= 11 is 9.70. The molecule has 0 nitrogen and oxygen atoms in total. The molecule has 0 N–H and O–H groups in total. The van der Waals surface area contributed by atoms with Crippen molar-refractivity contribution in [3.8, 4) is 0 Å². The molecule has 0 saturated carbocycles. The van der Waals surface area contributed by atoms with Gasteiger partial charge in [0.1, 0.15) is 0 Å². The number of rotatable bonds is 2. The van der Waals surface area contributed by atoms with Crippen LogP contribution in [0.3, 0.4) is 0 Å². The molecule has 1 aliphatic rings. The summed E-state index contributed by atoms with van der Waals surface area (Å²) in [5, 5.41) is 0.843. The monoisotopic (exact) mass is 306 g/mol. The first-order valence-electron chi connectivity index (χ1n) is 5.77. The normalized spacial score (nSPS) is 13.1. The lowest BCUT2D eigenvalue weighted by Crippen LogP contribution is -2.08. The molecular weight excluding hydrogens is 296 g/mol. The van der Waals surface area contributed by atoms with Gasteiger partial charge in [-0.15, -0.1) is 0 Å². The Labute approximate surface area is 115 Å². The summed E-state index contributed by atoms with van der Waals surface area (Å²) in [6, 6.07) is 12.8. The van der Waals surface area contributed by atoms with Gasteiger partial charge in [-0.2, -0.15) is 0 Å². The molecule has 0 spiro atoms. The van der Waals surface area contributed by atoms with Crippen LogP contribution >= 0.6 is 27.5 Å². The Hall–Kier alpha value is -0.790. The second kappa shape index (κ2) is 4.47. The van der Waals surface area contributed by atoms with Crippen molar-refractivity contribution >= 4 is 27.5 Å². The highest BCUT2D eigenvalue weighted by molar-refractivity contribution is 9.10. The third-order valence-electron chi connectivity index (χ3n) is 3.34. The third-order valence-corrected chi connectivity index (χ3v) is 4.20. The number of halogens is 2. The average molecular weight is 308 g/mol. The molecule has 0 unspecified atom stereocenters. The van der Waals surface area contributed by atoms with Gasteiger partial charge in [-0.3, -0.25) is 0 Å². The Balaban J connectivity index is 1.90. The topological polar surface area (TPSA) is 0 Å². The SMILES string of the molecule is Clc1ccc(Br)cc1Cc1ccc2c(c1)CC2. The lowest BCUT2D eigenvalue weighted by molar-refractivity contribution is 0.834. The molecule has 17 heavy (non-hydrogen) atoms. The maximum atomic E-state index is 6.21. The molecule has 0 saturated heterocycles. The van der Waals surface area contributed by atoms with Gasteiger partial charge < -0.3 is 0 Å². The van der Waals surface area contributed by atoms with Crippen LogP contribution in [0.15, 0.2) is 40.9 Å². The minimum absolute atomic E-state index is 0.843. The Bertz CT molecular complexity index is 575. The minimum atomic E-state index is 0.843. The molecule has 0 bridgehead atoms. The van der Waals surface area contributed by atoms with Crippen LogP contribution in [0.1, 0.15) is 22.3 Å². The molecule has 0 atom stereocenters. The molecule has 0 fully saturated rings. The Morgan fingerprint density at radius 2 is 1.82 bits per heavy atom. The van der Waals surface area contributed by atoms with Crippen molar-refractivity contribution in [2.24, 2.45) is 0 Å². The zero-order valence-electron chi connectivity index (χ0n) is 9.34. The number of hydrogen-bond acceptors (Lipinski definition) is 0. The zero-order chi connectivity index (χ0) is 11.8.